The SMILES string of the molecule is COC(=O)c1ccnc2ccc([C@@H]3COCCO3)cc12. The number of esters is 1. The summed E-state index contributed by atoms with van der Waals surface area (Å²) in [6.45, 7) is 1.73. The van der Waals surface area contributed by atoms with Crippen LogP contribution in [0.5, 0.6) is 0 Å². The molecule has 0 amide bonds. The van der Waals surface area contributed by atoms with Crippen molar-refractivity contribution in [3.8, 4) is 0 Å². The van der Waals surface area contributed by atoms with E-state index in [-0.39, 0.29) is 12.1 Å². The molecular formula is C15H15NO4. The van der Waals surface area contributed by atoms with Gasteiger partial charge in [-0.05, 0) is 23.8 Å². The van der Waals surface area contributed by atoms with Crippen LogP contribution in [-0.2, 0) is 14.2 Å². The molecule has 2 heterocycles. The molecule has 0 spiro atoms. The second kappa shape index (κ2) is 5.56. The minimum atomic E-state index is -0.365. The summed E-state index contributed by atoms with van der Waals surface area (Å²) in [5.74, 6) is -0.365. The molecule has 1 aliphatic heterocycles. The number of carbonyl (C=O) groups excluding carboxylic acids is 1. The maximum Gasteiger partial charge on any atom is 0.338 e. The fraction of sp³-hybridized carbons (Fsp3) is 0.333. The second-order valence-electron chi connectivity index (χ2n) is 4.56. The molecule has 2 aromatic rings. The smallest absolute Gasteiger partial charge is 0.338 e. The lowest BCUT2D eigenvalue weighted by Gasteiger charge is -2.23. The van der Waals surface area contributed by atoms with Crippen LogP contribution in [0.3, 0.4) is 0 Å². The Kier molecular flexibility index (Phi) is 3.62. The summed E-state index contributed by atoms with van der Waals surface area (Å²) in [4.78, 5) is 16.1. The van der Waals surface area contributed by atoms with Crippen LogP contribution in [0, 0.1) is 0 Å². The van der Waals surface area contributed by atoms with Crippen molar-refractivity contribution in [2.45, 2.75) is 6.10 Å². The number of aromatic nitrogens is 1. The number of ether oxygens (including phenoxy) is 3. The maximum atomic E-state index is 11.8. The number of nitrogens with zero attached hydrogens (tertiary/aromatic N) is 1. The number of hydrogen-bond acceptors (Lipinski definition) is 5. The molecule has 0 aliphatic carbocycles. The highest BCUT2D eigenvalue weighted by Crippen LogP contribution is 2.26. The van der Waals surface area contributed by atoms with Gasteiger partial charge in [0.15, 0.2) is 0 Å². The van der Waals surface area contributed by atoms with E-state index in [4.69, 9.17) is 14.2 Å². The number of hydrogen-bond donors (Lipinski definition) is 0. The summed E-state index contributed by atoms with van der Waals surface area (Å²) in [5.41, 5.74) is 2.25. The minimum Gasteiger partial charge on any atom is -0.465 e. The van der Waals surface area contributed by atoms with Gasteiger partial charge in [-0.25, -0.2) is 4.79 Å². The largest absolute Gasteiger partial charge is 0.465 e. The molecule has 1 fully saturated rings. The molecule has 0 unspecified atom stereocenters. The zero-order valence-corrected chi connectivity index (χ0v) is 11.2. The van der Waals surface area contributed by atoms with E-state index in [0.29, 0.717) is 25.4 Å². The van der Waals surface area contributed by atoms with E-state index in [0.717, 1.165) is 16.5 Å². The lowest BCUT2D eigenvalue weighted by Crippen LogP contribution is -2.21. The van der Waals surface area contributed by atoms with Gasteiger partial charge < -0.3 is 14.2 Å². The zero-order chi connectivity index (χ0) is 13.9. The van der Waals surface area contributed by atoms with Crippen LogP contribution in [0.1, 0.15) is 22.0 Å². The Morgan fingerprint density at radius 1 is 1.35 bits per heavy atom. The average Bonchev–Trinajstić information content (AvgIpc) is 2.54. The fourth-order valence-electron chi connectivity index (χ4n) is 2.33. The molecule has 1 atom stereocenters. The van der Waals surface area contributed by atoms with Crippen molar-refractivity contribution in [1.29, 1.82) is 0 Å². The van der Waals surface area contributed by atoms with Crippen LogP contribution < -0.4 is 0 Å². The van der Waals surface area contributed by atoms with Crippen molar-refractivity contribution < 1.29 is 19.0 Å². The first-order valence-electron chi connectivity index (χ1n) is 6.46. The molecule has 0 saturated carbocycles. The number of benzene rings is 1. The summed E-state index contributed by atoms with van der Waals surface area (Å²) in [7, 11) is 1.37. The molecule has 0 radical (unpaired) electrons. The fourth-order valence-corrected chi connectivity index (χ4v) is 2.33. The minimum absolute atomic E-state index is 0.0983. The van der Waals surface area contributed by atoms with Crippen molar-refractivity contribution in [1.82, 2.24) is 4.98 Å². The van der Waals surface area contributed by atoms with E-state index in [9.17, 15) is 4.79 Å². The Bertz CT molecular complexity index is 635. The number of methoxy groups -OCH3 is 1. The highest BCUT2D eigenvalue weighted by Gasteiger charge is 2.18. The van der Waals surface area contributed by atoms with Crippen molar-refractivity contribution in [2.75, 3.05) is 26.9 Å². The molecule has 0 bridgehead atoms. The highest BCUT2D eigenvalue weighted by atomic mass is 16.6. The van der Waals surface area contributed by atoms with Gasteiger partial charge in [0.25, 0.3) is 0 Å². The van der Waals surface area contributed by atoms with Gasteiger partial charge in [-0.2, -0.15) is 0 Å². The van der Waals surface area contributed by atoms with Gasteiger partial charge in [0.05, 0.1) is 38.0 Å². The summed E-state index contributed by atoms with van der Waals surface area (Å²) < 4.78 is 15.9. The molecule has 104 valence electrons. The van der Waals surface area contributed by atoms with Crippen LogP contribution in [0.15, 0.2) is 30.5 Å². The number of fused-ring (bicyclic) bond motifs is 1. The number of rotatable bonds is 2. The van der Waals surface area contributed by atoms with Gasteiger partial charge in [-0.1, -0.05) is 6.07 Å². The summed E-state index contributed by atoms with van der Waals surface area (Å²) in [6, 6.07) is 7.43. The third-order valence-corrected chi connectivity index (χ3v) is 3.36. The Morgan fingerprint density at radius 3 is 3.00 bits per heavy atom. The van der Waals surface area contributed by atoms with E-state index in [2.05, 4.69) is 4.98 Å². The first-order valence-corrected chi connectivity index (χ1v) is 6.46. The Morgan fingerprint density at radius 2 is 2.25 bits per heavy atom. The number of pyridine rings is 1. The van der Waals surface area contributed by atoms with Crippen molar-refractivity contribution in [3.63, 3.8) is 0 Å². The lowest BCUT2D eigenvalue weighted by molar-refractivity contribution is -0.0901. The maximum absolute atomic E-state index is 11.8. The summed E-state index contributed by atoms with van der Waals surface area (Å²) in [6.07, 6.45) is 1.51. The van der Waals surface area contributed by atoms with E-state index >= 15 is 0 Å². The molecule has 20 heavy (non-hydrogen) atoms. The molecular weight excluding hydrogens is 258 g/mol. The predicted molar refractivity (Wildman–Crippen MR) is 72.6 cm³/mol. The molecule has 1 aliphatic rings. The van der Waals surface area contributed by atoms with E-state index in [1.54, 1.807) is 12.3 Å². The highest BCUT2D eigenvalue weighted by molar-refractivity contribution is 6.03. The molecule has 1 saturated heterocycles. The van der Waals surface area contributed by atoms with Gasteiger partial charge in [-0.3, -0.25) is 4.98 Å². The summed E-state index contributed by atoms with van der Waals surface area (Å²) >= 11 is 0. The van der Waals surface area contributed by atoms with Gasteiger partial charge >= 0.3 is 5.97 Å². The lowest BCUT2D eigenvalue weighted by atomic mass is 10.0. The van der Waals surface area contributed by atoms with Crippen LogP contribution in [0.2, 0.25) is 0 Å². The molecule has 3 rings (SSSR count). The van der Waals surface area contributed by atoms with Crippen molar-refractivity contribution in [3.05, 3.63) is 41.6 Å². The summed E-state index contributed by atoms with van der Waals surface area (Å²) in [5, 5.41) is 0.769. The first-order chi connectivity index (χ1) is 9.79. The molecule has 1 aromatic heterocycles. The van der Waals surface area contributed by atoms with Gasteiger partial charge in [0.2, 0.25) is 0 Å². The van der Waals surface area contributed by atoms with Crippen LogP contribution in [0.25, 0.3) is 10.9 Å². The standard InChI is InChI=1S/C15H15NO4/c1-18-15(17)11-4-5-16-13-3-2-10(8-12(11)13)14-9-19-6-7-20-14/h2-5,8,14H,6-7,9H2,1H3/t14-/m0/s1. The van der Waals surface area contributed by atoms with Crippen LogP contribution in [-0.4, -0.2) is 37.9 Å². The normalized spacial score (nSPS) is 18.9. The Balaban J connectivity index is 2.06. The van der Waals surface area contributed by atoms with Gasteiger partial charge in [0, 0.05) is 11.6 Å². The quantitative estimate of drug-likeness (QED) is 0.784. The number of carbonyl (C=O) groups is 1. The van der Waals surface area contributed by atoms with Gasteiger partial charge in [-0.15, -0.1) is 0 Å². The molecule has 0 N–H and O–H groups in total. The first kappa shape index (κ1) is 13.0. The zero-order valence-electron chi connectivity index (χ0n) is 11.2. The van der Waals surface area contributed by atoms with Gasteiger partial charge in [0.1, 0.15) is 6.10 Å². The van der Waals surface area contributed by atoms with E-state index in [1.165, 1.54) is 7.11 Å². The van der Waals surface area contributed by atoms with Crippen molar-refractivity contribution in [2.24, 2.45) is 0 Å². The molecule has 5 nitrogen and oxygen atoms in total. The van der Waals surface area contributed by atoms with Crippen LogP contribution in [0.4, 0.5) is 0 Å². The average molecular weight is 273 g/mol. The monoisotopic (exact) mass is 273 g/mol. The Labute approximate surface area is 116 Å². The molecule has 1 aromatic carbocycles. The van der Waals surface area contributed by atoms with E-state index in [1.807, 2.05) is 18.2 Å². The van der Waals surface area contributed by atoms with Crippen LogP contribution >= 0.6 is 0 Å². The third-order valence-electron chi connectivity index (χ3n) is 3.36. The van der Waals surface area contributed by atoms with Crippen molar-refractivity contribution >= 4 is 16.9 Å². The topological polar surface area (TPSA) is 57.7 Å². The molecule has 5 heteroatoms. The van der Waals surface area contributed by atoms with E-state index < -0.39 is 0 Å². The Hall–Kier alpha value is -1.98. The third kappa shape index (κ3) is 2.37. The second-order valence-corrected chi connectivity index (χ2v) is 4.56. The predicted octanol–water partition coefficient (Wildman–Crippen LogP) is 2.11.